The fourth-order valence-corrected chi connectivity index (χ4v) is 7.05. The van der Waals surface area contributed by atoms with Crippen molar-refractivity contribution in [3.8, 4) is 11.8 Å². The van der Waals surface area contributed by atoms with Crippen LogP contribution in [0.4, 0.5) is 10.1 Å². The van der Waals surface area contributed by atoms with Gasteiger partial charge in [-0.05, 0) is 79.9 Å². The van der Waals surface area contributed by atoms with Gasteiger partial charge in [0.2, 0.25) is 0 Å². The number of aromatic nitrogens is 1. The number of ether oxygens (including phenoxy) is 1. The molecule has 180 valence electrons. The summed E-state index contributed by atoms with van der Waals surface area (Å²) in [4.78, 5) is 19.7. The Labute approximate surface area is 204 Å². The summed E-state index contributed by atoms with van der Waals surface area (Å²) < 4.78 is 21.3. The van der Waals surface area contributed by atoms with Gasteiger partial charge in [-0.2, -0.15) is 5.26 Å². The maximum absolute atomic E-state index is 15.3. The SMILES string of the molecule is N#Cc1c(N2CC3CCC(C3)C2)cc(F)c2c1OC[C@H](NC(=O)c1cnc3c(c1)[C@H]1C[C@H]1CC3)C2. The molecule has 2 aliphatic heterocycles. The second kappa shape index (κ2) is 7.94. The molecule has 2 bridgehead atoms. The highest BCUT2D eigenvalue weighted by Gasteiger charge is 2.43. The summed E-state index contributed by atoms with van der Waals surface area (Å²) in [5.41, 5.74) is 4.36. The highest BCUT2D eigenvalue weighted by Crippen LogP contribution is 2.54. The zero-order valence-electron chi connectivity index (χ0n) is 19.7. The number of halogens is 1. The van der Waals surface area contributed by atoms with Crippen molar-refractivity contribution in [3.63, 3.8) is 0 Å². The minimum Gasteiger partial charge on any atom is -0.490 e. The molecule has 1 aromatic carbocycles. The van der Waals surface area contributed by atoms with Crippen molar-refractivity contribution in [2.24, 2.45) is 17.8 Å². The van der Waals surface area contributed by atoms with Crippen LogP contribution in [0.1, 0.15) is 70.8 Å². The number of carbonyl (C=O) groups excluding carboxylic acids is 1. The molecule has 2 saturated carbocycles. The molecule has 3 fully saturated rings. The number of nitrogens with zero attached hydrogens (tertiary/aromatic N) is 3. The van der Waals surface area contributed by atoms with Crippen molar-refractivity contribution in [1.82, 2.24) is 10.3 Å². The van der Waals surface area contributed by atoms with E-state index in [2.05, 4.69) is 21.3 Å². The Hall–Kier alpha value is -3.14. The van der Waals surface area contributed by atoms with E-state index in [4.69, 9.17) is 4.74 Å². The Bertz CT molecular complexity index is 1260. The Kier molecular flexibility index (Phi) is 4.80. The third kappa shape index (κ3) is 3.57. The smallest absolute Gasteiger partial charge is 0.253 e. The van der Waals surface area contributed by atoms with E-state index < -0.39 is 0 Å². The number of fused-ring (bicyclic) bond motifs is 6. The van der Waals surface area contributed by atoms with E-state index in [9.17, 15) is 10.1 Å². The predicted octanol–water partition coefficient (Wildman–Crippen LogP) is 4.11. The number of anilines is 1. The normalized spacial score (nSPS) is 29.8. The third-order valence-electron chi connectivity index (χ3n) is 8.92. The van der Waals surface area contributed by atoms with E-state index in [0.717, 1.165) is 31.1 Å². The lowest BCUT2D eigenvalue weighted by Crippen LogP contribution is -2.43. The maximum Gasteiger partial charge on any atom is 0.253 e. The highest BCUT2D eigenvalue weighted by atomic mass is 19.1. The number of nitriles is 1. The molecule has 3 aliphatic carbocycles. The van der Waals surface area contributed by atoms with E-state index in [1.807, 2.05) is 6.07 Å². The first-order chi connectivity index (χ1) is 17.1. The van der Waals surface area contributed by atoms with Crippen molar-refractivity contribution in [3.05, 3.63) is 52.1 Å². The van der Waals surface area contributed by atoms with E-state index in [1.165, 1.54) is 43.7 Å². The summed E-state index contributed by atoms with van der Waals surface area (Å²) >= 11 is 0. The van der Waals surface area contributed by atoms with Crippen LogP contribution in [0.5, 0.6) is 5.75 Å². The van der Waals surface area contributed by atoms with Crippen molar-refractivity contribution in [2.45, 2.75) is 56.9 Å². The Morgan fingerprint density at radius 1 is 1.20 bits per heavy atom. The number of amides is 1. The van der Waals surface area contributed by atoms with Crippen LogP contribution in [0.3, 0.4) is 0 Å². The van der Waals surface area contributed by atoms with Gasteiger partial charge in [0, 0.05) is 37.0 Å². The van der Waals surface area contributed by atoms with Crippen molar-refractivity contribution < 1.29 is 13.9 Å². The summed E-state index contributed by atoms with van der Waals surface area (Å²) in [6.45, 7) is 1.96. The fourth-order valence-electron chi connectivity index (χ4n) is 7.05. The van der Waals surface area contributed by atoms with Gasteiger partial charge in [0.15, 0.2) is 0 Å². The molecule has 1 N–H and O–H groups in total. The van der Waals surface area contributed by atoms with Gasteiger partial charge in [-0.15, -0.1) is 0 Å². The Balaban J connectivity index is 1.11. The van der Waals surface area contributed by atoms with Gasteiger partial charge < -0.3 is 15.0 Å². The summed E-state index contributed by atoms with van der Waals surface area (Å²) in [6.07, 6.45) is 9.03. The molecule has 1 amide bonds. The highest BCUT2D eigenvalue weighted by molar-refractivity contribution is 5.94. The largest absolute Gasteiger partial charge is 0.490 e. The second-order valence-electron chi connectivity index (χ2n) is 11.2. The number of carbonyl (C=O) groups is 1. The van der Waals surface area contributed by atoms with Crippen LogP contribution in [0, 0.1) is 34.9 Å². The number of pyridine rings is 1. The molecule has 35 heavy (non-hydrogen) atoms. The number of benzene rings is 1. The number of rotatable bonds is 3. The lowest BCUT2D eigenvalue weighted by molar-refractivity contribution is 0.0914. The molecular weight excluding hydrogens is 443 g/mol. The summed E-state index contributed by atoms with van der Waals surface area (Å²) in [5.74, 6) is 2.36. The van der Waals surface area contributed by atoms with E-state index in [1.54, 1.807) is 6.20 Å². The van der Waals surface area contributed by atoms with Gasteiger partial charge in [0.25, 0.3) is 5.91 Å². The number of piperidine rings is 1. The van der Waals surface area contributed by atoms with Crippen LogP contribution in [0.25, 0.3) is 0 Å². The van der Waals surface area contributed by atoms with Gasteiger partial charge >= 0.3 is 0 Å². The second-order valence-corrected chi connectivity index (χ2v) is 11.2. The van der Waals surface area contributed by atoms with Crippen molar-refractivity contribution >= 4 is 11.6 Å². The number of hydrogen-bond donors (Lipinski definition) is 1. The first-order valence-corrected chi connectivity index (χ1v) is 13.0. The third-order valence-corrected chi connectivity index (χ3v) is 8.92. The van der Waals surface area contributed by atoms with Crippen LogP contribution < -0.4 is 15.0 Å². The number of aryl methyl sites for hydroxylation is 1. The first-order valence-electron chi connectivity index (χ1n) is 13.0. The maximum atomic E-state index is 15.3. The lowest BCUT2D eigenvalue weighted by Gasteiger charge is -2.35. The average molecular weight is 473 g/mol. The average Bonchev–Trinajstić information content (AvgIpc) is 3.61. The van der Waals surface area contributed by atoms with Crippen LogP contribution in [-0.2, 0) is 12.8 Å². The standard InChI is InChI=1S/C28H29FN4O2/c29-24-9-26(33-12-15-1-2-16(5-15)13-33)23(10-30)27-22(24)8-19(14-35-27)32-28(34)18-7-21-20-6-17(20)3-4-25(21)31-11-18/h7,9,11,15-17,19-20H,1-6,8,12-14H2,(H,32,34)/t15?,16?,17-,19-,20+/m1/s1. The first kappa shape index (κ1) is 21.2. The quantitative estimate of drug-likeness (QED) is 0.727. The molecule has 3 heterocycles. The zero-order chi connectivity index (χ0) is 23.7. The molecular formula is C28H29FN4O2. The van der Waals surface area contributed by atoms with E-state index in [-0.39, 0.29) is 24.4 Å². The molecule has 1 aromatic heterocycles. The molecule has 0 spiro atoms. The molecule has 5 atom stereocenters. The minimum absolute atomic E-state index is 0.207. The van der Waals surface area contributed by atoms with Crippen LogP contribution in [0.15, 0.2) is 18.3 Å². The molecule has 1 saturated heterocycles. The Morgan fingerprint density at radius 3 is 2.83 bits per heavy atom. The molecule has 6 nitrogen and oxygen atoms in total. The molecule has 5 aliphatic rings. The molecule has 2 unspecified atom stereocenters. The number of nitrogens with one attached hydrogen (secondary N) is 1. The van der Waals surface area contributed by atoms with Gasteiger partial charge in [-0.25, -0.2) is 4.39 Å². The van der Waals surface area contributed by atoms with Gasteiger partial charge in [-0.1, -0.05) is 0 Å². The molecule has 2 aromatic rings. The van der Waals surface area contributed by atoms with Crippen LogP contribution in [0.2, 0.25) is 0 Å². The van der Waals surface area contributed by atoms with Crippen LogP contribution >= 0.6 is 0 Å². The van der Waals surface area contributed by atoms with Gasteiger partial charge in [0.05, 0.1) is 17.3 Å². The molecule has 7 heteroatoms. The zero-order valence-corrected chi connectivity index (χ0v) is 19.7. The van der Waals surface area contributed by atoms with Crippen molar-refractivity contribution in [1.29, 1.82) is 5.26 Å². The topological polar surface area (TPSA) is 78.3 Å². The van der Waals surface area contributed by atoms with Gasteiger partial charge in [-0.3, -0.25) is 9.78 Å². The van der Waals surface area contributed by atoms with E-state index >= 15 is 4.39 Å². The van der Waals surface area contributed by atoms with E-state index in [0.29, 0.717) is 52.3 Å². The summed E-state index contributed by atoms with van der Waals surface area (Å²) in [7, 11) is 0. The molecule has 0 radical (unpaired) electrons. The lowest BCUT2D eigenvalue weighted by atomic mass is 9.94. The Morgan fingerprint density at radius 2 is 2.03 bits per heavy atom. The number of hydrogen-bond acceptors (Lipinski definition) is 5. The predicted molar refractivity (Wildman–Crippen MR) is 128 cm³/mol. The summed E-state index contributed by atoms with van der Waals surface area (Å²) in [6, 6.07) is 5.43. The van der Waals surface area contributed by atoms with Gasteiger partial charge in [0.1, 0.15) is 29.8 Å². The molecule has 7 rings (SSSR count). The summed E-state index contributed by atoms with van der Waals surface area (Å²) in [5, 5.41) is 13.0. The van der Waals surface area contributed by atoms with Crippen LogP contribution in [-0.4, -0.2) is 36.6 Å². The minimum atomic E-state index is -0.363. The fraction of sp³-hybridized carbons (Fsp3) is 0.536. The van der Waals surface area contributed by atoms with Crippen molar-refractivity contribution in [2.75, 3.05) is 24.6 Å². The monoisotopic (exact) mass is 472 g/mol.